The SMILES string of the molecule is Cc1c(C#N)cccc1-c1nc(NSc2cccc(N3CC(C)(O)C3)n2)ccc1C(F)(F)F. The summed E-state index contributed by atoms with van der Waals surface area (Å²) >= 11 is 1.12. The van der Waals surface area contributed by atoms with Crippen LogP contribution in [0.3, 0.4) is 0 Å². The zero-order chi connectivity index (χ0) is 23.8. The molecular formula is C23H20F3N5OS. The van der Waals surface area contributed by atoms with Crippen molar-refractivity contribution in [2.24, 2.45) is 0 Å². The first-order chi connectivity index (χ1) is 15.6. The van der Waals surface area contributed by atoms with Gasteiger partial charge in [0.25, 0.3) is 0 Å². The summed E-state index contributed by atoms with van der Waals surface area (Å²) < 4.78 is 44.0. The van der Waals surface area contributed by atoms with Gasteiger partial charge in [-0.25, -0.2) is 9.97 Å². The van der Waals surface area contributed by atoms with Crippen LogP contribution in [0.25, 0.3) is 11.3 Å². The summed E-state index contributed by atoms with van der Waals surface area (Å²) in [5.74, 6) is 0.933. The maximum absolute atomic E-state index is 13.7. The van der Waals surface area contributed by atoms with Crippen LogP contribution in [0.15, 0.2) is 53.6 Å². The van der Waals surface area contributed by atoms with Gasteiger partial charge in [-0.1, -0.05) is 18.2 Å². The number of β-amino-alcohol motifs (C(OH)–C–C–N with tert-alkyl or cyclic N) is 1. The Morgan fingerprint density at radius 3 is 2.52 bits per heavy atom. The summed E-state index contributed by atoms with van der Waals surface area (Å²) in [6.45, 7) is 4.32. The van der Waals surface area contributed by atoms with Crippen molar-refractivity contribution in [2.75, 3.05) is 22.7 Å². The molecule has 10 heteroatoms. The molecule has 4 rings (SSSR count). The molecule has 6 nitrogen and oxygen atoms in total. The third kappa shape index (κ3) is 4.89. The zero-order valence-corrected chi connectivity index (χ0v) is 18.6. The molecule has 1 saturated heterocycles. The fraction of sp³-hybridized carbons (Fsp3) is 0.261. The maximum Gasteiger partial charge on any atom is 0.418 e. The van der Waals surface area contributed by atoms with E-state index >= 15 is 0 Å². The highest BCUT2D eigenvalue weighted by molar-refractivity contribution is 8.00. The van der Waals surface area contributed by atoms with Gasteiger partial charge in [-0.3, -0.25) is 0 Å². The molecule has 1 aromatic carbocycles. The number of aliphatic hydroxyl groups is 1. The van der Waals surface area contributed by atoms with Crippen LogP contribution in [-0.2, 0) is 6.18 Å². The van der Waals surface area contributed by atoms with Crippen LogP contribution in [0, 0.1) is 18.3 Å². The van der Waals surface area contributed by atoms with E-state index in [1.54, 1.807) is 32.0 Å². The molecule has 0 atom stereocenters. The van der Waals surface area contributed by atoms with E-state index in [4.69, 9.17) is 0 Å². The van der Waals surface area contributed by atoms with Crippen LogP contribution in [-0.4, -0.2) is 33.8 Å². The van der Waals surface area contributed by atoms with Crippen molar-refractivity contribution in [3.8, 4) is 17.3 Å². The molecule has 0 spiro atoms. The molecule has 0 amide bonds. The fourth-order valence-electron chi connectivity index (χ4n) is 3.64. The predicted octanol–water partition coefficient (Wildman–Crippen LogP) is 5.03. The molecule has 2 N–H and O–H groups in total. The number of alkyl halides is 3. The molecule has 0 saturated carbocycles. The Hall–Kier alpha value is -3.29. The van der Waals surface area contributed by atoms with Gasteiger partial charge in [0.05, 0.1) is 28.5 Å². The van der Waals surface area contributed by atoms with Crippen LogP contribution in [0.5, 0.6) is 0 Å². The second-order valence-corrected chi connectivity index (χ2v) is 8.90. The summed E-state index contributed by atoms with van der Waals surface area (Å²) in [6, 6.07) is 14.3. The standard InChI is InChI=1S/C23H20F3N5OS/c1-14-15(11-27)5-3-6-16(14)21-17(23(24,25)26)9-10-18(28-21)30-33-20-8-4-7-19(29-20)31-12-22(2,32)13-31/h3-10,32H,12-13H2,1-2H3,(H,28,30). The van der Waals surface area contributed by atoms with Crippen LogP contribution < -0.4 is 9.62 Å². The number of hydrogen-bond acceptors (Lipinski definition) is 7. The lowest BCUT2D eigenvalue weighted by Gasteiger charge is -2.44. The van der Waals surface area contributed by atoms with Crippen molar-refractivity contribution in [3.63, 3.8) is 0 Å². The molecular weight excluding hydrogens is 451 g/mol. The highest BCUT2D eigenvalue weighted by Crippen LogP contribution is 2.39. The molecule has 1 fully saturated rings. The van der Waals surface area contributed by atoms with E-state index in [0.29, 0.717) is 35.1 Å². The third-order valence-corrected chi connectivity index (χ3v) is 6.01. The van der Waals surface area contributed by atoms with E-state index in [2.05, 4.69) is 14.7 Å². The van der Waals surface area contributed by atoms with E-state index in [0.717, 1.165) is 18.0 Å². The number of halogens is 3. The summed E-state index contributed by atoms with van der Waals surface area (Å²) in [5.41, 5.74) is -0.873. The summed E-state index contributed by atoms with van der Waals surface area (Å²) in [5, 5.41) is 19.8. The molecule has 170 valence electrons. The molecule has 0 unspecified atom stereocenters. The Bertz CT molecular complexity index is 1230. The normalized spacial score (nSPS) is 15.0. The number of nitriles is 1. The van der Waals surface area contributed by atoms with E-state index in [-0.39, 0.29) is 17.1 Å². The highest BCUT2D eigenvalue weighted by Gasteiger charge is 2.37. The van der Waals surface area contributed by atoms with Gasteiger partial charge < -0.3 is 14.7 Å². The van der Waals surface area contributed by atoms with Gasteiger partial charge in [0.1, 0.15) is 16.7 Å². The molecule has 1 aliphatic rings. The second kappa shape index (κ2) is 8.57. The van der Waals surface area contributed by atoms with Crippen LogP contribution in [0.2, 0.25) is 0 Å². The van der Waals surface area contributed by atoms with Crippen molar-refractivity contribution in [1.82, 2.24) is 9.97 Å². The molecule has 3 heterocycles. The predicted molar refractivity (Wildman–Crippen MR) is 121 cm³/mol. The van der Waals surface area contributed by atoms with E-state index in [1.165, 1.54) is 12.1 Å². The lowest BCUT2D eigenvalue weighted by atomic mass is 9.97. The number of pyridine rings is 2. The fourth-order valence-corrected chi connectivity index (χ4v) is 4.25. The molecule has 0 aliphatic carbocycles. The minimum atomic E-state index is -4.60. The van der Waals surface area contributed by atoms with E-state index < -0.39 is 17.3 Å². The van der Waals surface area contributed by atoms with Gasteiger partial charge in [0.2, 0.25) is 0 Å². The first-order valence-electron chi connectivity index (χ1n) is 10.0. The summed E-state index contributed by atoms with van der Waals surface area (Å²) in [6.07, 6.45) is -4.60. The lowest BCUT2D eigenvalue weighted by Crippen LogP contribution is -2.60. The number of benzene rings is 1. The number of hydrogen-bond donors (Lipinski definition) is 2. The van der Waals surface area contributed by atoms with Gasteiger partial charge in [-0.15, -0.1) is 0 Å². The topological polar surface area (TPSA) is 85.1 Å². The van der Waals surface area contributed by atoms with Crippen molar-refractivity contribution >= 4 is 23.6 Å². The number of nitrogens with one attached hydrogen (secondary N) is 1. The zero-order valence-electron chi connectivity index (χ0n) is 17.8. The van der Waals surface area contributed by atoms with Crippen molar-refractivity contribution < 1.29 is 18.3 Å². The van der Waals surface area contributed by atoms with Gasteiger partial charge in [-0.05, 0) is 49.7 Å². The summed E-state index contributed by atoms with van der Waals surface area (Å²) in [7, 11) is 0. The van der Waals surface area contributed by atoms with Crippen LogP contribution in [0.4, 0.5) is 24.8 Å². The Kier molecular flexibility index (Phi) is 5.95. The molecule has 1 aliphatic heterocycles. The molecule has 0 radical (unpaired) electrons. The molecule has 3 aromatic rings. The monoisotopic (exact) mass is 471 g/mol. The minimum Gasteiger partial charge on any atom is -0.386 e. The van der Waals surface area contributed by atoms with E-state index in [9.17, 15) is 23.5 Å². The molecule has 2 aromatic heterocycles. The average molecular weight is 472 g/mol. The summed E-state index contributed by atoms with van der Waals surface area (Å²) in [4.78, 5) is 10.7. The number of rotatable bonds is 5. The van der Waals surface area contributed by atoms with Gasteiger partial charge in [0.15, 0.2) is 0 Å². The maximum atomic E-state index is 13.7. The Morgan fingerprint density at radius 2 is 1.85 bits per heavy atom. The van der Waals surface area contributed by atoms with Crippen LogP contribution >= 0.6 is 11.9 Å². The first-order valence-corrected chi connectivity index (χ1v) is 10.8. The largest absolute Gasteiger partial charge is 0.418 e. The number of aromatic nitrogens is 2. The number of anilines is 2. The molecule has 0 bridgehead atoms. The van der Waals surface area contributed by atoms with Crippen molar-refractivity contribution in [3.05, 3.63) is 65.2 Å². The van der Waals surface area contributed by atoms with Crippen LogP contribution in [0.1, 0.15) is 23.6 Å². The lowest BCUT2D eigenvalue weighted by molar-refractivity contribution is -0.137. The van der Waals surface area contributed by atoms with Gasteiger partial charge in [-0.2, -0.15) is 18.4 Å². The van der Waals surface area contributed by atoms with Crippen molar-refractivity contribution in [1.29, 1.82) is 5.26 Å². The Morgan fingerprint density at radius 1 is 1.12 bits per heavy atom. The average Bonchev–Trinajstić information content (AvgIpc) is 2.75. The smallest absolute Gasteiger partial charge is 0.386 e. The molecule has 33 heavy (non-hydrogen) atoms. The van der Waals surface area contributed by atoms with Gasteiger partial charge in [0, 0.05) is 30.6 Å². The number of nitrogens with zero attached hydrogens (tertiary/aromatic N) is 4. The minimum absolute atomic E-state index is 0.226. The van der Waals surface area contributed by atoms with Gasteiger partial charge >= 0.3 is 6.18 Å². The quantitative estimate of drug-likeness (QED) is 0.505. The van der Waals surface area contributed by atoms with Crippen molar-refractivity contribution in [2.45, 2.75) is 30.7 Å². The third-order valence-electron chi connectivity index (χ3n) is 5.27. The Balaban J connectivity index is 1.60. The second-order valence-electron chi connectivity index (χ2n) is 8.07. The van der Waals surface area contributed by atoms with E-state index in [1.807, 2.05) is 23.1 Å². The Labute approximate surface area is 193 Å². The first kappa shape index (κ1) is 22.9. The highest BCUT2D eigenvalue weighted by atomic mass is 32.2.